The first-order valence-corrected chi connectivity index (χ1v) is 27.1. The van der Waals surface area contributed by atoms with Crippen LogP contribution in [0.15, 0.2) is 0 Å². The molecular formula is C54H107NO4. The van der Waals surface area contributed by atoms with E-state index in [2.05, 4.69) is 33.0 Å². The quantitative estimate of drug-likeness (QED) is 0.0488. The van der Waals surface area contributed by atoms with Gasteiger partial charge in [0, 0.05) is 12.8 Å². The summed E-state index contributed by atoms with van der Waals surface area (Å²) in [6, 6.07) is 0. The van der Waals surface area contributed by atoms with Gasteiger partial charge in [-0.1, -0.05) is 246 Å². The zero-order chi connectivity index (χ0) is 43.0. The molecular weight excluding hydrogens is 727 g/mol. The van der Waals surface area contributed by atoms with E-state index in [1.807, 2.05) is 0 Å². The van der Waals surface area contributed by atoms with E-state index < -0.39 is 0 Å². The average Bonchev–Trinajstić information content (AvgIpc) is 3.23. The van der Waals surface area contributed by atoms with E-state index in [1.165, 1.54) is 205 Å². The maximum Gasteiger partial charge on any atom is 0.305 e. The molecule has 2 atom stereocenters. The minimum Gasteiger partial charge on any atom is -0.466 e. The van der Waals surface area contributed by atoms with Crippen molar-refractivity contribution < 1.29 is 19.1 Å². The van der Waals surface area contributed by atoms with Gasteiger partial charge in [-0.2, -0.15) is 0 Å². The highest BCUT2D eigenvalue weighted by Gasteiger charge is 2.13. The maximum atomic E-state index is 12.5. The van der Waals surface area contributed by atoms with Crippen LogP contribution in [0.5, 0.6) is 0 Å². The summed E-state index contributed by atoms with van der Waals surface area (Å²) >= 11 is 0. The van der Waals surface area contributed by atoms with Gasteiger partial charge in [0.25, 0.3) is 0 Å². The third kappa shape index (κ3) is 46.2. The summed E-state index contributed by atoms with van der Waals surface area (Å²) in [6.07, 6.45) is 52.8. The SMILES string of the molecule is CCCCCCCCCCC(CCCCCCCC)CCOC(=O)CCCCCNCCCCCC(=O)OCCC(CCCCCCCC)CCCCCCCCCC. The largest absolute Gasteiger partial charge is 0.466 e. The molecule has 0 amide bonds. The van der Waals surface area contributed by atoms with Crippen LogP contribution in [-0.2, 0) is 19.1 Å². The Labute approximate surface area is 370 Å². The number of ether oxygens (including phenoxy) is 2. The van der Waals surface area contributed by atoms with Gasteiger partial charge in [0.1, 0.15) is 0 Å². The second-order valence-corrected chi connectivity index (χ2v) is 18.8. The number of rotatable bonds is 50. The Hall–Kier alpha value is -1.10. The molecule has 0 aliphatic carbocycles. The third-order valence-electron chi connectivity index (χ3n) is 12.9. The number of hydrogen-bond donors (Lipinski definition) is 1. The molecule has 352 valence electrons. The highest BCUT2D eigenvalue weighted by molar-refractivity contribution is 5.69. The monoisotopic (exact) mass is 834 g/mol. The van der Waals surface area contributed by atoms with Gasteiger partial charge in [0.05, 0.1) is 13.2 Å². The van der Waals surface area contributed by atoms with Crippen molar-refractivity contribution in [1.82, 2.24) is 5.32 Å². The third-order valence-corrected chi connectivity index (χ3v) is 12.9. The predicted molar refractivity (Wildman–Crippen MR) is 258 cm³/mol. The highest BCUT2D eigenvalue weighted by atomic mass is 16.5. The molecule has 0 aromatic carbocycles. The molecule has 59 heavy (non-hydrogen) atoms. The lowest BCUT2D eigenvalue weighted by Gasteiger charge is -2.17. The molecule has 0 fully saturated rings. The smallest absolute Gasteiger partial charge is 0.305 e. The van der Waals surface area contributed by atoms with Crippen LogP contribution in [0, 0.1) is 11.8 Å². The first-order valence-electron chi connectivity index (χ1n) is 27.1. The van der Waals surface area contributed by atoms with Crippen molar-refractivity contribution >= 4 is 11.9 Å². The summed E-state index contributed by atoms with van der Waals surface area (Å²) in [6.45, 7) is 12.4. The molecule has 5 heteroatoms. The first kappa shape index (κ1) is 57.9. The van der Waals surface area contributed by atoms with E-state index in [9.17, 15) is 9.59 Å². The van der Waals surface area contributed by atoms with Gasteiger partial charge in [0.15, 0.2) is 0 Å². The normalized spacial score (nSPS) is 12.5. The fourth-order valence-electron chi connectivity index (χ4n) is 8.77. The zero-order valence-electron chi connectivity index (χ0n) is 40.8. The molecule has 0 aliphatic rings. The number of unbranched alkanes of at least 4 members (excludes halogenated alkanes) is 28. The lowest BCUT2D eigenvalue weighted by atomic mass is 9.91. The topological polar surface area (TPSA) is 64.6 Å². The lowest BCUT2D eigenvalue weighted by molar-refractivity contribution is -0.145. The second-order valence-electron chi connectivity index (χ2n) is 18.8. The van der Waals surface area contributed by atoms with Crippen molar-refractivity contribution in [3.05, 3.63) is 0 Å². The van der Waals surface area contributed by atoms with Gasteiger partial charge in [-0.05, 0) is 63.5 Å². The number of esters is 2. The Balaban J connectivity index is 3.99. The fraction of sp³-hybridized carbons (Fsp3) is 0.963. The molecule has 0 radical (unpaired) electrons. The summed E-state index contributed by atoms with van der Waals surface area (Å²) in [5.74, 6) is 1.42. The minimum atomic E-state index is -0.00586. The van der Waals surface area contributed by atoms with Gasteiger partial charge < -0.3 is 14.8 Å². The molecule has 0 saturated heterocycles. The summed E-state index contributed by atoms with van der Waals surface area (Å²) in [7, 11) is 0. The van der Waals surface area contributed by atoms with E-state index in [1.54, 1.807) is 0 Å². The lowest BCUT2D eigenvalue weighted by Crippen LogP contribution is -2.17. The Kier molecular flexibility index (Phi) is 48.6. The van der Waals surface area contributed by atoms with Crippen LogP contribution in [0.25, 0.3) is 0 Å². The molecule has 0 aromatic heterocycles. The van der Waals surface area contributed by atoms with E-state index in [0.717, 1.165) is 64.5 Å². The summed E-state index contributed by atoms with van der Waals surface area (Å²) in [4.78, 5) is 24.9. The van der Waals surface area contributed by atoms with Gasteiger partial charge >= 0.3 is 11.9 Å². The Morgan fingerprint density at radius 1 is 0.322 bits per heavy atom. The van der Waals surface area contributed by atoms with Crippen LogP contribution in [-0.4, -0.2) is 38.2 Å². The van der Waals surface area contributed by atoms with E-state index in [-0.39, 0.29) is 11.9 Å². The molecule has 0 aromatic rings. The number of hydrogen-bond acceptors (Lipinski definition) is 5. The van der Waals surface area contributed by atoms with Gasteiger partial charge in [-0.3, -0.25) is 9.59 Å². The Morgan fingerprint density at radius 3 is 0.864 bits per heavy atom. The molecule has 0 spiro atoms. The van der Waals surface area contributed by atoms with Crippen LogP contribution < -0.4 is 5.32 Å². The average molecular weight is 834 g/mol. The molecule has 2 unspecified atom stereocenters. The van der Waals surface area contributed by atoms with Crippen LogP contribution in [0.2, 0.25) is 0 Å². The maximum absolute atomic E-state index is 12.5. The molecule has 0 heterocycles. The number of nitrogens with one attached hydrogen (secondary N) is 1. The number of carbonyl (C=O) groups is 2. The van der Waals surface area contributed by atoms with Crippen molar-refractivity contribution in [3.63, 3.8) is 0 Å². The first-order chi connectivity index (χ1) is 29.1. The fourth-order valence-corrected chi connectivity index (χ4v) is 8.77. The zero-order valence-corrected chi connectivity index (χ0v) is 40.8. The molecule has 0 aliphatic heterocycles. The van der Waals surface area contributed by atoms with Crippen molar-refractivity contribution in [1.29, 1.82) is 0 Å². The van der Waals surface area contributed by atoms with Crippen molar-refractivity contribution in [2.45, 2.75) is 297 Å². The van der Waals surface area contributed by atoms with E-state index >= 15 is 0 Å². The summed E-state index contributed by atoms with van der Waals surface area (Å²) < 4.78 is 11.4. The molecule has 5 nitrogen and oxygen atoms in total. The van der Waals surface area contributed by atoms with Crippen molar-refractivity contribution in [2.24, 2.45) is 11.8 Å². The molecule has 0 saturated carbocycles. The van der Waals surface area contributed by atoms with Crippen molar-refractivity contribution in [2.75, 3.05) is 26.3 Å². The Morgan fingerprint density at radius 2 is 0.576 bits per heavy atom. The van der Waals surface area contributed by atoms with Gasteiger partial charge in [-0.15, -0.1) is 0 Å². The van der Waals surface area contributed by atoms with Crippen LogP contribution in [0.4, 0.5) is 0 Å². The van der Waals surface area contributed by atoms with Crippen LogP contribution in [0.3, 0.4) is 0 Å². The van der Waals surface area contributed by atoms with Crippen molar-refractivity contribution in [3.8, 4) is 0 Å². The Bertz CT molecular complexity index is 767. The molecule has 1 N–H and O–H groups in total. The standard InChI is InChI=1S/C54H107NO4/c1-5-9-13-17-21-23-27-33-41-51(39-31-25-19-15-11-7-3)45-49-58-53(56)43-35-29-37-47-55-48-38-30-36-44-54(57)59-50-46-52(40-32-26-20-16-12-8-4)42-34-28-24-22-18-14-10-6-2/h51-52,55H,5-50H2,1-4H3. The summed E-state index contributed by atoms with van der Waals surface area (Å²) in [5, 5.41) is 3.56. The van der Waals surface area contributed by atoms with Gasteiger partial charge in [-0.25, -0.2) is 0 Å². The van der Waals surface area contributed by atoms with Crippen LogP contribution in [0.1, 0.15) is 297 Å². The summed E-state index contributed by atoms with van der Waals surface area (Å²) in [5.41, 5.74) is 0. The van der Waals surface area contributed by atoms with Gasteiger partial charge in [0.2, 0.25) is 0 Å². The van der Waals surface area contributed by atoms with E-state index in [4.69, 9.17) is 9.47 Å². The minimum absolute atomic E-state index is 0.00586. The second kappa shape index (κ2) is 49.6. The molecule has 0 bridgehead atoms. The molecule has 0 rings (SSSR count). The highest BCUT2D eigenvalue weighted by Crippen LogP contribution is 2.24. The van der Waals surface area contributed by atoms with E-state index in [0.29, 0.717) is 37.9 Å². The van der Waals surface area contributed by atoms with Crippen LogP contribution >= 0.6 is 0 Å². The number of carbonyl (C=O) groups excluding carboxylic acids is 2. The predicted octanol–water partition coefficient (Wildman–Crippen LogP) is 17.4.